The molecule has 1 aromatic carbocycles. The van der Waals surface area contributed by atoms with Gasteiger partial charge in [0.2, 0.25) is 0 Å². The number of nitrogens with one attached hydrogen (secondary N) is 2. The lowest BCUT2D eigenvalue weighted by Crippen LogP contribution is -2.01. The lowest BCUT2D eigenvalue weighted by Gasteiger charge is -2.14. The molecule has 0 fully saturated rings. The highest BCUT2D eigenvalue weighted by Gasteiger charge is 2.19. The summed E-state index contributed by atoms with van der Waals surface area (Å²) < 4.78 is 6.23. The molecule has 7 heterocycles. The smallest absolute Gasteiger partial charge is 0.116 e. The number of rotatable bonds is 3. The largest absolute Gasteiger partial charge is 0.360 e. The van der Waals surface area contributed by atoms with Crippen LogP contribution in [0.3, 0.4) is 0 Å². The number of hydrogen-bond donors (Lipinski definition) is 2. The molecular weight excluding hydrogens is 438 g/mol. The molecule has 9 heteroatoms. The van der Waals surface area contributed by atoms with E-state index in [1.165, 1.54) is 0 Å². The Kier molecular flexibility index (Phi) is 3.48. The molecule has 166 valence electrons. The number of benzene rings is 1. The molecule has 0 radical (unpaired) electrons. The molecule has 0 saturated carbocycles. The van der Waals surface area contributed by atoms with E-state index in [1.807, 2.05) is 46.1 Å². The fourth-order valence-corrected chi connectivity index (χ4v) is 4.87. The van der Waals surface area contributed by atoms with Gasteiger partial charge in [-0.3, -0.25) is 0 Å². The average Bonchev–Trinajstić information content (AvgIpc) is 3.71. The summed E-state index contributed by atoms with van der Waals surface area (Å²) in [5.74, 6) is 0. The predicted octanol–water partition coefficient (Wildman–Crippen LogP) is 4.91. The Balaban J connectivity index is 1.52. The number of hydrogen-bond acceptors (Lipinski definition) is 4. The van der Waals surface area contributed by atoms with Crippen LogP contribution in [0.5, 0.6) is 0 Å². The van der Waals surface area contributed by atoms with Crippen molar-refractivity contribution < 1.29 is 0 Å². The maximum absolute atomic E-state index is 4.99. The van der Waals surface area contributed by atoms with Crippen LogP contribution in [0, 0.1) is 0 Å². The summed E-state index contributed by atoms with van der Waals surface area (Å²) in [6, 6.07) is 14.7. The van der Waals surface area contributed by atoms with Gasteiger partial charge in [0.05, 0.1) is 62.8 Å². The third kappa shape index (κ3) is 2.63. The van der Waals surface area contributed by atoms with Gasteiger partial charge < -0.3 is 23.7 Å². The van der Waals surface area contributed by atoms with Gasteiger partial charge in [-0.1, -0.05) is 0 Å². The van der Waals surface area contributed by atoms with Crippen molar-refractivity contribution in [2.45, 2.75) is 0 Å². The van der Waals surface area contributed by atoms with Gasteiger partial charge in [0.1, 0.15) is 11.0 Å². The Morgan fingerprint density at radius 1 is 0.600 bits per heavy atom. The van der Waals surface area contributed by atoms with Crippen molar-refractivity contribution >= 4 is 44.1 Å². The monoisotopic (exact) mass is 455 g/mol. The third-order valence-electron chi connectivity index (χ3n) is 6.48. The van der Waals surface area contributed by atoms with Crippen molar-refractivity contribution in [1.82, 2.24) is 43.6 Å². The minimum atomic E-state index is 0.868. The minimum Gasteiger partial charge on any atom is -0.360 e. The Morgan fingerprint density at radius 3 is 1.60 bits per heavy atom. The van der Waals surface area contributed by atoms with Crippen LogP contribution in [0.1, 0.15) is 0 Å². The molecule has 0 bridgehead atoms. The Morgan fingerprint density at radius 2 is 1.11 bits per heavy atom. The zero-order valence-electron chi connectivity index (χ0n) is 18.3. The Labute approximate surface area is 197 Å². The van der Waals surface area contributed by atoms with Crippen LogP contribution in [-0.2, 0) is 0 Å². The summed E-state index contributed by atoms with van der Waals surface area (Å²) in [6.07, 6.45) is 14.9. The van der Waals surface area contributed by atoms with Gasteiger partial charge in [0.25, 0.3) is 0 Å². The maximum Gasteiger partial charge on any atom is 0.116 e. The van der Waals surface area contributed by atoms with Crippen molar-refractivity contribution in [3.63, 3.8) is 0 Å². The molecule has 0 amide bonds. The van der Waals surface area contributed by atoms with E-state index in [9.17, 15) is 0 Å². The molecule has 9 nitrogen and oxygen atoms in total. The van der Waals surface area contributed by atoms with Crippen LogP contribution in [0.25, 0.3) is 61.2 Å². The second-order valence-corrected chi connectivity index (χ2v) is 8.52. The maximum atomic E-state index is 4.99. The van der Waals surface area contributed by atoms with E-state index in [0.717, 1.165) is 61.2 Å². The molecule has 0 spiro atoms. The topological polar surface area (TPSA) is 97.9 Å². The highest BCUT2D eigenvalue weighted by atomic mass is 15.1. The normalized spacial score (nSPS) is 12.0. The van der Waals surface area contributed by atoms with Crippen molar-refractivity contribution in [2.24, 2.45) is 0 Å². The minimum absolute atomic E-state index is 0.868. The highest BCUT2D eigenvalue weighted by molar-refractivity contribution is 6.10. The summed E-state index contributed by atoms with van der Waals surface area (Å²) in [7, 11) is 0. The number of H-pyrrole nitrogens is 2. The number of aromatic nitrogens is 9. The number of fused-ring (bicyclic) bond motifs is 5. The van der Waals surface area contributed by atoms with Gasteiger partial charge in [0.15, 0.2) is 0 Å². The first-order valence-corrected chi connectivity index (χ1v) is 11.2. The number of aromatic amines is 2. The van der Waals surface area contributed by atoms with E-state index >= 15 is 0 Å². The molecule has 0 unspecified atom stereocenters. The van der Waals surface area contributed by atoms with E-state index in [1.54, 1.807) is 25.0 Å². The molecule has 2 N–H and O–H groups in total. The molecule has 0 atom stereocenters. The summed E-state index contributed by atoms with van der Waals surface area (Å²) >= 11 is 0. The second-order valence-electron chi connectivity index (χ2n) is 8.52. The first kappa shape index (κ1) is 18.3. The quantitative estimate of drug-likeness (QED) is 0.396. The standard InChI is InChI=1S/C26H17N9/c1-3-29-21-12-23-25(31-19(1)21)26-24(13-22-20(32-26)2-4-30-22)35(23)18-10-16(33-7-5-27-14-33)9-17(11-18)34-8-6-28-15-34/h1-15,29-30H. The summed E-state index contributed by atoms with van der Waals surface area (Å²) in [5.41, 5.74) is 10.4. The van der Waals surface area contributed by atoms with Crippen LogP contribution in [0.2, 0.25) is 0 Å². The lowest BCUT2D eigenvalue weighted by molar-refractivity contribution is 1.01. The van der Waals surface area contributed by atoms with Crippen molar-refractivity contribution in [3.8, 4) is 17.1 Å². The van der Waals surface area contributed by atoms with Gasteiger partial charge in [-0.2, -0.15) is 0 Å². The van der Waals surface area contributed by atoms with Gasteiger partial charge in [-0.25, -0.2) is 19.9 Å². The zero-order valence-corrected chi connectivity index (χ0v) is 18.3. The molecule has 0 saturated heterocycles. The molecule has 35 heavy (non-hydrogen) atoms. The SMILES string of the molecule is c1cn(-c2cc(-n3ccnc3)cc(-n3c4cc5[nH]ccc5nc4c4nc5cc[nH]c5cc43)c2)cn1. The average molecular weight is 455 g/mol. The predicted molar refractivity (Wildman–Crippen MR) is 134 cm³/mol. The molecule has 0 aliphatic carbocycles. The van der Waals surface area contributed by atoms with Crippen molar-refractivity contribution in [3.05, 3.63) is 92.3 Å². The zero-order chi connectivity index (χ0) is 22.9. The van der Waals surface area contributed by atoms with Crippen LogP contribution < -0.4 is 0 Å². The molecule has 8 aromatic rings. The van der Waals surface area contributed by atoms with Crippen LogP contribution in [-0.4, -0.2) is 43.6 Å². The Hall–Kier alpha value is -5.18. The van der Waals surface area contributed by atoms with Crippen molar-refractivity contribution in [2.75, 3.05) is 0 Å². The van der Waals surface area contributed by atoms with Crippen LogP contribution >= 0.6 is 0 Å². The van der Waals surface area contributed by atoms with Gasteiger partial charge >= 0.3 is 0 Å². The summed E-state index contributed by atoms with van der Waals surface area (Å²) in [6.45, 7) is 0. The Bertz CT molecular complexity index is 1860. The number of pyridine rings is 2. The van der Waals surface area contributed by atoms with E-state index in [2.05, 4.69) is 54.8 Å². The fourth-order valence-electron chi connectivity index (χ4n) is 4.87. The number of imidazole rings is 2. The van der Waals surface area contributed by atoms with E-state index in [0.29, 0.717) is 0 Å². The van der Waals surface area contributed by atoms with Gasteiger partial charge in [0, 0.05) is 37.2 Å². The molecule has 7 aromatic heterocycles. The lowest BCUT2D eigenvalue weighted by atomic mass is 10.2. The summed E-state index contributed by atoms with van der Waals surface area (Å²) in [5, 5.41) is 0. The van der Waals surface area contributed by atoms with E-state index in [4.69, 9.17) is 9.97 Å². The first-order chi connectivity index (χ1) is 17.3. The molecule has 8 rings (SSSR count). The third-order valence-corrected chi connectivity index (χ3v) is 6.48. The fraction of sp³-hybridized carbons (Fsp3) is 0. The molecule has 0 aliphatic heterocycles. The second kappa shape index (κ2) is 6.67. The summed E-state index contributed by atoms with van der Waals surface area (Å²) in [4.78, 5) is 25.1. The number of nitrogens with zero attached hydrogens (tertiary/aromatic N) is 7. The van der Waals surface area contributed by atoms with E-state index in [-0.39, 0.29) is 0 Å². The molecule has 0 aliphatic rings. The van der Waals surface area contributed by atoms with Gasteiger partial charge in [-0.15, -0.1) is 0 Å². The van der Waals surface area contributed by atoms with E-state index < -0.39 is 0 Å². The first-order valence-electron chi connectivity index (χ1n) is 11.2. The highest BCUT2D eigenvalue weighted by Crippen LogP contribution is 2.34. The van der Waals surface area contributed by atoms with Crippen molar-refractivity contribution in [1.29, 1.82) is 0 Å². The molecular formula is C26H17N9. The van der Waals surface area contributed by atoms with Crippen LogP contribution in [0.4, 0.5) is 0 Å². The van der Waals surface area contributed by atoms with Gasteiger partial charge in [-0.05, 0) is 42.5 Å². The van der Waals surface area contributed by atoms with Crippen LogP contribution in [0.15, 0.2) is 92.3 Å².